The zero-order chi connectivity index (χ0) is 15.9. The number of benzene rings is 2. The molecule has 0 aromatic heterocycles. The van der Waals surface area contributed by atoms with Crippen molar-refractivity contribution in [1.82, 2.24) is 5.32 Å². The number of nitrogens with one attached hydrogen (secondary N) is 2. The monoisotopic (exact) mass is 296 g/mol. The summed E-state index contributed by atoms with van der Waals surface area (Å²) >= 11 is 0. The van der Waals surface area contributed by atoms with Gasteiger partial charge in [-0.2, -0.15) is 0 Å². The van der Waals surface area contributed by atoms with Crippen LogP contribution in [0.3, 0.4) is 0 Å². The van der Waals surface area contributed by atoms with Crippen LogP contribution in [-0.2, 0) is 11.3 Å². The van der Waals surface area contributed by atoms with Gasteiger partial charge in [0.2, 0.25) is 0 Å². The predicted molar refractivity (Wildman–Crippen MR) is 87.1 cm³/mol. The van der Waals surface area contributed by atoms with Gasteiger partial charge in [-0.3, -0.25) is 10.7 Å². The quantitative estimate of drug-likeness (QED) is 0.660. The SMILES string of the molecule is CC(C)c1ccc(C(=N)NC(=O)OCc2ccccc2)cc1. The van der Waals surface area contributed by atoms with E-state index in [0.29, 0.717) is 11.5 Å². The summed E-state index contributed by atoms with van der Waals surface area (Å²) in [5.74, 6) is 0.473. The lowest BCUT2D eigenvalue weighted by molar-refractivity contribution is 0.145. The number of rotatable bonds is 4. The highest BCUT2D eigenvalue weighted by atomic mass is 16.5. The minimum Gasteiger partial charge on any atom is -0.444 e. The Hall–Kier alpha value is -2.62. The topological polar surface area (TPSA) is 62.2 Å². The van der Waals surface area contributed by atoms with Crippen molar-refractivity contribution in [2.45, 2.75) is 26.4 Å². The average Bonchev–Trinajstić information content (AvgIpc) is 2.54. The van der Waals surface area contributed by atoms with Crippen molar-refractivity contribution in [2.75, 3.05) is 0 Å². The normalized spacial score (nSPS) is 10.3. The molecule has 4 heteroatoms. The third kappa shape index (κ3) is 4.45. The van der Waals surface area contributed by atoms with E-state index >= 15 is 0 Å². The minimum absolute atomic E-state index is 0.0355. The Morgan fingerprint density at radius 1 is 1.09 bits per heavy atom. The van der Waals surface area contributed by atoms with Gasteiger partial charge in [-0.25, -0.2) is 4.79 Å². The standard InChI is InChI=1S/C18H20N2O2/c1-13(2)15-8-10-16(11-9-15)17(19)20-18(21)22-12-14-6-4-3-5-7-14/h3-11,13H,12H2,1-2H3,(H2,19,20,21). The van der Waals surface area contributed by atoms with Gasteiger partial charge in [0.15, 0.2) is 0 Å². The van der Waals surface area contributed by atoms with Crippen LogP contribution >= 0.6 is 0 Å². The third-order valence-electron chi connectivity index (χ3n) is 3.31. The number of hydrogen-bond donors (Lipinski definition) is 2. The number of carbonyl (C=O) groups is 1. The molecule has 0 aliphatic carbocycles. The molecule has 0 bridgehead atoms. The summed E-state index contributed by atoms with van der Waals surface area (Å²) in [5, 5.41) is 10.3. The number of alkyl carbamates (subject to hydrolysis) is 1. The molecule has 1 amide bonds. The van der Waals surface area contributed by atoms with Gasteiger partial charge in [-0.05, 0) is 17.0 Å². The van der Waals surface area contributed by atoms with Crippen molar-refractivity contribution in [3.63, 3.8) is 0 Å². The summed E-state index contributed by atoms with van der Waals surface area (Å²) in [4.78, 5) is 11.7. The van der Waals surface area contributed by atoms with E-state index in [4.69, 9.17) is 10.1 Å². The molecule has 0 unspecified atom stereocenters. The highest BCUT2D eigenvalue weighted by molar-refractivity contribution is 6.04. The van der Waals surface area contributed by atoms with Crippen LogP contribution in [0.1, 0.15) is 36.5 Å². The number of amidine groups is 1. The molecule has 0 aliphatic rings. The summed E-state index contributed by atoms with van der Waals surface area (Å²) in [6.45, 7) is 4.41. The van der Waals surface area contributed by atoms with Crippen LogP contribution in [0.2, 0.25) is 0 Å². The van der Waals surface area contributed by atoms with Gasteiger partial charge in [0.25, 0.3) is 0 Å². The maximum atomic E-state index is 11.7. The highest BCUT2D eigenvalue weighted by Crippen LogP contribution is 2.14. The largest absolute Gasteiger partial charge is 0.444 e. The van der Waals surface area contributed by atoms with Crippen LogP contribution in [-0.4, -0.2) is 11.9 Å². The fourth-order valence-corrected chi connectivity index (χ4v) is 1.97. The third-order valence-corrected chi connectivity index (χ3v) is 3.31. The zero-order valence-electron chi connectivity index (χ0n) is 12.8. The molecule has 2 aromatic rings. The van der Waals surface area contributed by atoms with E-state index in [-0.39, 0.29) is 12.4 Å². The fraction of sp³-hybridized carbons (Fsp3) is 0.222. The average molecular weight is 296 g/mol. The second-order valence-corrected chi connectivity index (χ2v) is 5.34. The Labute approximate surface area is 130 Å². The van der Waals surface area contributed by atoms with E-state index in [1.54, 1.807) is 0 Å². The predicted octanol–water partition coefficient (Wildman–Crippen LogP) is 4.06. The number of amides is 1. The Balaban J connectivity index is 1.87. The second-order valence-electron chi connectivity index (χ2n) is 5.34. The minimum atomic E-state index is -0.623. The Kier molecular flexibility index (Phi) is 5.31. The molecule has 0 atom stereocenters. The van der Waals surface area contributed by atoms with Crippen LogP contribution in [0.25, 0.3) is 0 Å². The fourth-order valence-electron chi connectivity index (χ4n) is 1.97. The van der Waals surface area contributed by atoms with Crippen molar-refractivity contribution >= 4 is 11.9 Å². The molecule has 4 nitrogen and oxygen atoms in total. The lowest BCUT2D eigenvalue weighted by Crippen LogP contribution is -2.30. The van der Waals surface area contributed by atoms with Crippen molar-refractivity contribution in [2.24, 2.45) is 0 Å². The number of carbonyl (C=O) groups excluding carboxylic acids is 1. The van der Waals surface area contributed by atoms with Gasteiger partial charge < -0.3 is 4.74 Å². The number of hydrogen-bond acceptors (Lipinski definition) is 3. The molecule has 0 radical (unpaired) electrons. The van der Waals surface area contributed by atoms with Gasteiger partial charge >= 0.3 is 6.09 Å². The first-order chi connectivity index (χ1) is 10.6. The van der Waals surface area contributed by atoms with Crippen LogP contribution < -0.4 is 5.32 Å². The van der Waals surface area contributed by atoms with E-state index in [2.05, 4.69) is 19.2 Å². The summed E-state index contributed by atoms with van der Waals surface area (Å²) in [7, 11) is 0. The first kappa shape index (κ1) is 15.8. The zero-order valence-corrected chi connectivity index (χ0v) is 12.8. The Morgan fingerprint density at radius 2 is 1.73 bits per heavy atom. The Morgan fingerprint density at radius 3 is 2.32 bits per heavy atom. The van der Waals surface area contributed by atoms with Crippen LogP contribution in [0.4, 0.5) is 4.79 Å². The first-order valence-corrected chi connectivity index (χ1v) is 7.23. The van der Waals surface area contributed by atoms with E-state index in [1.165, 1.54) is 5.56 Å². The molecule has 2 aromatic carbocycles. The van der Waals surface area contributed by atoms with Crippen molar-refractivity contribution in [3.05, 3.63) is 71.3 Å². The molecule has 114 valence electrons. The van der Waals surface area contributed by atoms with Gasteiger partial charge in [0.05, 0.1) is 0 Å². The van der Waals surface area contributed by atoms with Gasteiger partial charge in [0.1, 0.15) is 12.4 Å². The smallest absolute Gasteiger partial charge is 0.413 e. The molecule has 0 aliphatic heterocycles. The molecule has 0 heterocycles. The molecule has 22 heavy (non-hydrogen) atoms. The Bertz CT molecular complexity index is 634. The maximum absolute atomic E-state index is 11.7. The molecule has 2 rings (SSSR count). The molecule has 0 spiro atoms. The van der Waals surface area contributed by atoms with Crippen LogP contribution in [0, 0.1) is 5.41 Å². The van der Waals surface area contributed by atoms with Crippen LogP contribution in [0.15, 0.2) is 54.6 Å². The summed E-state index contributed by atoms with van der Waals surface area (Å²) < 4.78 is 5.09. The van der Waals surface area contributed by atoms with Gasteiger partial charge in [-0.1, -0.05) is 68.4 Å². The van der Waals surface area contributed by atoms with E-state index < -0.39 is 6.09 Å². The summed E-state index contributed by atoms with van der Waals surface area (Å²) in [6.07, 6.45) is -0.623. The lowest BCUT2D eigenvalue weighted by atomic mass is 10.0. The second kappa shape index (κ2) is 7.41. The van der Waals surface area contributed by atoms with Crippen molar-refractivity contribution in [3.8, 4) is 0 Å². The van der Waals surface area contributed by atoms with Crippen molar-refractivity contribution in [1.29, 1.82) is 5.41 Å². The molecule has 0 saturated carbocycles. The summed E-state index contributed by atoms with van der Waals surface area (Å²) in [5.41, 5.74) is 2.76. The molecule has 2 N–H and O–H groups in total. The highest BCUT2D eigenvalue weighted by Gasteiger charge is 2.08. The number of ether oxygens (including phenoxy) is 1. The molecular formula is C18H20N2O2. The maximum Gasteiger partial charge on any atom is 0.413 e. The molecule has 0 fully saturated rings. The van der Waals surface area contributed by atoms with E-state index in [0.717, 1.165) is 5.56 Å². The first-order valence-electron chi connectivity index (χ1n) is 7.23. The van der Waals surface area contributed by atoms with Crippen LogP contribution in [0.5, 0.6) is 0 Å². The van der Waals surface area contributed by atoms with E-state index in [1.807, 2.05) is 54.6 Å². The van der Waals surface area contributed by atoms with Crippen molar-refractivity contribution < 1.29 is 9.53 Å². The summed E-state index contributed by atoms with van der Waals surface area (Å²) in [6, 6.07) is 17.0. The lowest BCUT2D eigenvalue weighted by Gasteiger charge is -2.10. The van der Waals surface area contributed by atoms with Gasteiger partial charge in [-0.15, -0.1) is 0 Å². The molecule has 0 saturated heterocycles. The van der Waals surface area contributed by atoms with E-state index in [9.17, 15) is 4.79 Å². The molecular weight excluding hydrogens is 276 g/mol. The van der Waals surface area contributed by atoms with Gasteiger partial charge in [0, 0.05) is 5.56 Å².